The zero-order valence-corrected chi connectivity index (χ0v) is 17.9. The molecule has 4 N–H and O–H groups in total. The lowest BCUT2D eigenvalue weighted by Gasteiger charge is -2.33. The Kier molecular flexibility index (Phi) is 5.18. The Bertz CT molecular complexity index is 1460. The van der Waals surface area contributed by atoms with E-state index in [-0.39, 0.29) is 46.3 Å². The highest BCUT2D eigenvalue weighted by molar-refractivity contribution is 5.86. The molecule has 1 aliphatic heterocycles. The maximum Gasteiger partial charge on any atom is 0.197 e. The van der Waals surface area contributed by atoms with E-state index in [0.717, 1.165) is 6.07 Å². The van der Waals surface area contributed by atoms with Gasteiger partial charge in [-0.05, 0) is 30.3 Å². The Morgan fingerprint density at radius 2 is 1.74 bits per heavy atom. The van der Waals surface area contributed by atoms with Gasteiger partial charge in [0.15, 0.2) is 40.6 Å². The van der Waals surface area contributed by atoms with Crippen LogP contribution in [0.4, 0.5) is 0 Å². The van der Waals surface area contributed by atoms with Crippen molar-refractivity contribution in [3.63, 3.8) is 0 Å². The summed E-state index contributed by atoms with van der Waals surface area (Å²) >= 11 is 0. The molecule has 2 heterocycles. The third-order valence-corrected chi connectivity index (χ3v) is 5.61. The van der Waals surface area contributed by atoms with Gasteiger partial charge in [-0.15, -0.1) is 0 Å². The first-order valence-corrected chi connectivity index (χ1v) is 10.3. The van der Waals surface area contributed by atoms with Gasteiger partial charge in [0.2, 0.25) is 0 Å². The maximum atomic E-state index is 12.6. The summed E-state index contributed by atoms with van der Waals surface area (Å²) in [6.45, 7) is -0.318. The number of ether oxygens (including phenoxy) is 3. The minimum absolute atomic E-state index is 0.0318. The molecule has 34 heavy (non-hydrogen) atoms. The van der Waals surface area contributed by atoms with Crippen LogP contribution in [0, 0.1) is 0 Å². The van der Waals surface area contributed by atoms with Crippen molar-refractivity contribution in [2.75, 3.05) is 13.7 Å². The Labute approximate surface area is 192 Å². The van der Waals surface area contributed by atoms with Gasteiger partial charge >= 0.3 is 0 Å². The van der Waals surface area contributed by atoms with Crippen LogP contribution in [0.5, 0.6) is 34.5 Å². The third kappa shape index (κ3) is 3.61. The summed E-state index contributed by atoms with van der Waals surface area (Å²) in [6.07, 6.45) is -1.42. The molecule has 1 aliphatic rings. The second kappa shape index (κ2) is 8.20. The fourth-order valence-electron chi connectivity index (χ4n) is 3.97. The first-order chi connectivity index (χ1) is 16.4. The van der Waals surface area contributed by atoms with Crippen molar-refractivity contribution in [2.45, 2.75) is 12.2 Å². The van der Waals surface area contributed by atoms with Crippen molar-refractivity contribution < 1.29 is 39.1 Å². The number of benzene rings is 3. The average molecular weight is 464 g/mol. The van der Waals surface area contributed by atoms with Gasteiger partial charge in [-0.2, -0.15) is 0 Å². The van der Waals surface area contributed by atoms with Crippen molar-refractivity contribution in [3.05, 3.63) is 70.4 Å². The van der Waals surface area contributed by atoms with Crippen LogP contribution < -0.4 is 19.6 Å². The van der Waals surface area contributed by atoms with E-state index in [0.29, 0.717) is 22.6 Å². The summed E-state index contributed by atoms with van der Waals surface area (Å²) in [5.74, 6) is 0.538. The summed E-state index contributed by atoms with van der Waals surface area (Å²) in [4.78, 5) is 12.6. The number of methoxy groups -OCH3 is 1. The van der Waals surface area contributed by atoms with Crippen LogP contribution in [0.3, 0.4) is 0 Å². The van der Waals surface area contributed by atoms with Gasteiger partial charge in [0.05, 0.1) is 13.7 Å². The molecule has 0 fully saturated rings. The molecule has 0 saturated heterocycles. The molecule has 174 valence electrons. The second-order valence-corrected chi connectivity index (χ2v) is 7.78. The highest BCUT2D eigenvalue weighted by Crippen LogP contribution is 2.43. The highest BCUT2D eigenvalue weighted by Gasteiger charge is 2.33. The molecule has 9 heteroatoms. The van der Waals surface area contributed by atoms with Gasteiger partial charge in [-0.25, -0.2) is 0 Å². The number of phenols is 3. The molecule has 2 unspecified atom stereocenters. The summed E-state index contributed by atoms with van der Waals surface area (Å²) in [6, 6.07) is 13.2. The predicted octanol–water partition coefficient (Wildman–Crippen LogP) is 3.46. The van der Waals surface area contributed by atoms with Crippen LogP contribution in [0.25, 0.3) is 22.3 Å². The van der Waals surface area contributed by atoms with E-state index in [2.05, 4.69) is 0 Å². The van der Waals surface area contributed by atoms with Crippen LogP contribution >= 0.6 is 0 Å². The van der Waals surface area contributed by atoms with Gasteiger partial charge in [0.25, 0.3) is 0 Å². The minimum atomic E-state index is -0.711. The van der Waals surface area contributed by atoms with Gasteiger partial charge in [0, 0.05) is 29.3 Å². The van der Waals surface area contributed by atoms with E-state index in [1.165, 1.54) is 25.3 Å². The van der Waals surface area contributed by atoms with Crippen molar-refractivity contribution >= 4 is 11.0 Å². The second-order valence-electron chi connectivity index (χ2n) is 7.78. The topological polar surface area (TPSA) is 139 Å². The molecular weight excluding hydrogens is 444 g/mol. The molecule has 1 aromatic heterocycles. The van der Waals surface area contributed by atoms with Crippen LogP contribution in [0.15, 0.2) is 63.8 Å². The zero-order valence-electron chi connectivity index (χ0n) is 17.9. The summed E-state index contributed by atoms with van der Waals surface area (Å²) < 4.78 is 23.0. The maximum absolute atomic E-state index is 12.6. The molecule has 0 aliphatic carbocycles. The first kappa shape index (κ1) is 21.5. The summed E-state index contributed by atoms with van der Waals surface area (Å²) in [5.41, 5.74) is 0.670. The Morgan fingerprint density at radius 3 is 2.50 bits per heavy atom. The lowest BCUT2D eigenvalue weighted by atomic mass is 10.0. The molecular formula is C25H20O9. The van der Waals surface area contributed by atoms with E-state index >= 15 is 0 Å². The number of fused-ring (bicyclic) bond motifs is 2. The van der Waals surface area contributed by atoms with Crippen LogP contribution in [0.1, 0.15) is 11.7 Å². The lowest BCUT2D eigenvalue weighted by Crippen LogP contribution is -2.36. The number of hydrogen-bond donors (Lipinski definition) is 4. The van der Waals surface area contributed by atoms with E-state index in [1.807, 2.05) is 0 Å². The number of aliphatic hydroxyl groups is 1. The zero-order chi connectivity index (χ0) is 24.0. The number of hydrogen-bond acceptors (Lipinski definition) is 9. The fraction of sp³-hybridized carbons (Fsp3) is 0.160. The summed E-state index contributed by atoms with van der Waals surface area (Å²) in [5, 5.41) is 39.5. The van der Waals surface area contributed by atoms with Gasteiger partial charge in [0.1, 0.15) is 28.2 Å². The molecule has 3 aromatic carbocycles. The fourth-order valence-corrected chi connectivity index (χ4v) is 3.97. The van der Waals surface area contributed by atoms with E-state index in [9.17, 15) is 25.2 Å². The molecule has 5 rings (SSSR count). The van der Waals surface area contributed by atoms with Crippen molar-refractivity contribution in [1.29, 1.82) is 0 Å². The van der Waals surface area contributed by atoms with E-state index in [4.69, 9.17) is 18.6 Å². The highest BCUT2D eigenvalue weighted by atomic mass is 16.6. The van der Waals surface area contributed by atoms with E-state index in [1.54, 1.807) is 30.3 Å². The summed E-state index contributed by atoms with van der Waals surface area (Å²) in [7, 11) is 1.43. The molecule has 4 aromatic rings. The Hall–Kier alpha value is -4.37. The average Bonchev–Trinajstić information content (AvgIpc) is 2.82. The Morgan fingerprint density at radius 1 is 0.912 bits per heavy atom. The molecule has 0 spiro atoms. The minimum Gasteiger partial charge on any atom is -0.508 e. The normalized spacial score (nSPS) is 17.0. The quantitative estimate of drug-likeness (QED) is 0.358. The third-order valence-electron chi connectivity index (χ3n) is 5.61. The largest absolute Gasteiger partial charge is 0.508 e. The number of phenolic OH excluding ortho intramolecular Hbond substituents is 3. The standard InChI is InChI=1S/C25H20O9/c1-31-20-7-13(2-4-15(20)28)25-23(11-26)32-18-5-3-12(6-21(18)34-25)19-10-17(30)24-16(29)8-14(27)9-22(24)33-19/h2-10,23,25-29H,11H2,1H3. The molecule has 0 saturated carbocycles. The van der Waals surface area contributed by atoms with Crippen molar-refractivity contribution in [3.8, 4) is 45.8 Å². The number of rotatable bonds is 4. The SMILES string of the molecule is COc1cc(C2Oc3cc(-c4cc(=O)c5c(O)cc(O)cc5o4)ccc3OC2CO)ccc1O. The van der Waals surface area contributed by atoms with Crippen molar-refractivity contribution in [1.82, 2.24) is 0 Å². The van der Waals surface area contributed by atoms with Crippen LogP contribution in [0.2, 0.25) is 0 Å². The van der Waals surface area contributed by atoms with Gasteiger partial charge in [-0.1, -0.05) is 6.07 Å². The molecule has 0 amide bonds. The molecule has 9 nitrogen and oxygen atoms in total. The van der Waals surface area contributed by atoms with Crippen LogP contribution in [-0.2, 0) is 0 Å². The monoisotopic (exact) mass is 464 g/mol. The Balaban J connectivity index is 1.56. The molecule has 2 atom stereocenters. The van der Waals surface area contributed by atoms with Gasteiger partial charge < -0.3 is 39.1 Å². The predicted molar refractivity (Wildman–Crippen MR) is 121 cm³/mol. The molecule has 0 radical (unpaired) electrons. The smallest absolute Gasteiger partial charge is 0.197 e. The van der Waals surface area contributed by atoms with Crippen molar-refractivity contribution in [2.24, 2.45) is 0 Å². The lowest BCUT2D eigenvalue weighted by molar-refractivity contribution is -0.0123. The van der Waals surface area contributed by atoms with E-state index < -0.39 is 17.6 Å². The van der Waals surface area contributed by atoms with Gasteiger partial charge in [-0.3, -0.25) is 4.79 Å². The van der Waals surface area contributed by atoms with Crippen LogP contribution in [-0.4, -0.2) is 40.2 Å². The molecule has 0 bridgehead atoms. The first-order valence-electron chi connectivity index (χ1n) is 10.3. The number of aliphatic hydroxyl groups excluding tert-OH is 1. The number of aromatic hydroxyl groups is 3.